The van der Waals surface area contributed by atoms with E-state index in [1.165, 1.54) is 22.1 Å². The lowest BCUT2D eigenvalue weighted by Crippen LogP contribution is -2.43. The van der Waals surface area contributed by atoms with E-state index in [-0.39, 0.29) is 12.5 Å². The summed E-state index contributed by atoms with van der Waals surface area (Å²) < 4.78 is 0. The number of fused-ring (bicyclic) bond motifs is 2. The Hall–Kier alpha value is -1.29. The Morgan fingerprint density at radius 1 is 1.45 bits per heavy atom. The molecule has 3 nitrogen and oxygen atoms in total. The van der Waals surface area contributed by atoms with Gasteiger partial charge >= 0.3 is 0 Å². The molecule has 0 saturated carbocycles. The van der Waals surface area contributed by atoms with Crippen molar-refractivity contribution >= 4 is 28.1 Å². The van der Waals surface area contributed by atoms with Gasteiger partial charge in [-0.1, -0.05) is 29.8 Å². The molecule has 2 heterocycles. The van der Waals surface area contributed by atoms with Gasteiger partial charge in [0, 0.05) is 29.4 Å². The molecule has 0 amide bonds. The third-order valence-electron chi connectivity index (χ3n) is 4.65. The molecule has 4 heteroatoms. The van der Waals surface area contributed by atoms with Crippen LogP contribution in [0.5, 0.6) is 0 Å². The summed E-state index contributed by atoms with van der Waals surface area (Å²) >= 11 is 6.37. The summed E-state index contributed by atoms with van der Waals surface area (Å²) in [5.41, 5.74) is 4.94. The molecular formula is C16H17ClN2O. The summed E-state index contributed by atoms with van der Waals surface area (Å²) in [6, 6.07) is 6.68. The highest BCUT2D eigenvalue weighted by Crippen LogP contribution is 2.43. The number of nitrogens with one attached hydrogen (secondary N) is 1. The molecule has 1 aromatic carbocycles. The zero-order valence-electron chi connectivity index (χ0n) is 11.4. The minimum atomic E-state index is 0.206. The SMILES string of the molecule is CN1C[C@H](CO)C=C2c3cccc4[nH]c(Cl)c(c34)C[C@H]21. The second-order valence-corrected chi connectivity index (χ2v) is 6.25. The zero-order valence-corrected chi connectivity index (χ0v) is 12.1. The lowest BCUT2D eigenvalue weighted by atomic mass is 9.80. The molecule has 104 valence electrons. The van der Waals surface area contributed by atoms with Crippen LogP contribution >= 0.6 is 11.6 Å². The molecule has 0 bridgehead atoms. The van der Waals surface area contributed by atoms with Gasteiger partial charge < -0.3 is 10.1 Å². The third kappa shape index (κ3) is 1.60. The molecule has 2 N–H and O–H groups in total. The molecule has 0 fully saturated rings. The summed E-state index contributed by atoms with van der Waals surface area (Å²) in [6.45, 7) is 1.11. The van der Waals surface area contributed by atoms with Crippen LogP contribution in [-0.2, 0) is 6.42 Å². The Labute approximate surface area is 122 Å². The van der Waals surface area contributed by atoms with Crippen molar-refractivity contribution in [3.63, 3.8) is 0 Å². The number of hydrogen-bond donors (Lipinski definition) is 2. The molecular weight excluding hydrogens is 272 g/mol. The fourth-order valence-electron chi connectivity index (χ4n) is 3.71. The molecule has 4 rings (SSSR count). The van der Waals surface area contributed by atoms with Crippen LogP contribution in [0, 0.1) is 5.92 Å². The molecule has 2 atom stereocenters. The van der Waals surface area contributed by atoms with Gasteiger partial charge in [0.25, 0.3) is 0 Å². The highest BCUT2D eigenvalue weighted by Gasteiger charge is 2.34. The third-order valence-corrected chi connectivity index (χ3v) is 4.97. The maximum atomic E-state index is 9.49. The molecule has 20 heavy (non-hydrogen) atoms. The van der Waals surface area contributed by atoms with E-state index in [0.717, 1.165) is 23.6 Å². The number of aromatic amines is 1. The number of nitrogens with zero attached hydrogens (tertiary/aromatic N) is 1. The fourth-order valence-corrected chi connectivity index (χ4v) is 3.98. The molecule has 1 aliphatic heterocycles. The summed E-state index contributed by atoms with van der Waals surface area (Å²) in [4.78, 5) is 5.61. The predicted molar refractivity (Wildman–Crippen MR) is 82.0 cm³/mol. The largest absolute Gasteiger partial charge is 0.396 e. The maximum absolute atomic E-state index is 9.49. The van der Waals surface area contributed by atoms with Crippen LogP contribution in [0.25, 0.3) is 16.5 Å². The maximum Gasteiger partial charge on any atom is 0.110 e. The molecule has 0 spiro atoms. The van der Waals surface area contributed by atoms with Crippen molar-refractivity contribution in [1.29, 1.82) is 0 Å². The van der Waals surface area contributed by atoms with Gasteiger partial charge in [-0.05, 0) is 36.2 Å². The van der Waals surface area contributed by atoms with Gasteiger partial charge in [-0.25, -0.2) is 0 Å². The summed E-state index contributed by atoms with van der Waals surface area (Å²) in [5, 5.41) is 11.5. The van der Waals surface area contributed by atoms with Gasteiger partial charge in [-0.3, -0.25) is 4.90 Å². The predicted octanol–water partition coefficient (Wildman–Crippen LogP) is 2.68. The standard InChI is InChI=1S/C16H17ClN2O/c1-19-7-9(8-20)5-11-10-3-2-4-13-15(10)12(6-14(11)19)16(17)18-13/h2-5,9,14,18,20H,6-8H2,1H3/t9-,14-/m1/s1. The van der Waals surface area contributed by atoms with Crippen molar-refractivity contribution in [1.82, 2.24) is 9.88 Å². The van der Waals surface area contributed by atoms with Gasteiger partial charge in [0.05, 0.1) is 6.61 Å². The monoisotopic (exact) mass is 288 g/mol. The van der Waals surface area contributed by atoms with E-state index < -0.39 is 0 Å². The molecule has 1 aromatic heterocycles. The number of halogens is 1. The van der Waals surface area contributed by atoms with Gasteiger partial charge in [0.2, 0.25) is 0 Å². The van der Waals surface area contributed by atoms with Crippen molar-refractivity contribution in [2.75, 3.05) is 20.2 Å². The Morgan fingerprint density at radius 2 is 2.30 bits per heavy atom. The van der Waals surface area contributed by atoms with Crippen LogP contribution in [0.15, 0.2) is 24.3 Å². The van der Waals surface area contributed by atoms with Gasteiger partial charge in [0.1, 0.15) is 5.15 Å². The normalized spacial score (nSPS) is 25.6. The highest BCUT2D eigenvalue weighted by atomic mass is 35.5. The molecule has 0 unspecified atom stereocenters. The molecule has 2 aliphatic rings. The van der Waals surface area contributed by atoms with Crippen molar-refractivity contribution in [2.24, 2.45) is 5.92 Å². The lowest BCUT2D eigenvalue weighted by molar-refractivity contribution is 0.181. The Morgan fingerprint density at radius 3 is 3.10 bits per heavy atom. The second-order valence-electron chi connectivity index (χ2n) is 5.87. The van der Waals surface area contributed by atoms with E-state index in [9.17, 15) is 5.11 Å². The summed E-state index contributed by atoms with van der Waals surface area (Å²) in [5.74, 6) is 0.220. The summed E-state index contributed by atoms with van der Waals surface area (Å²) in [6.07, 6.45) is 3.19. The summed E-state index contributed by atoms with van der Waals surface area (Å²) in [7, 11) is 2.13. The Kier molecular flexibility index (Phi) is 2.71. The average molecular weight is 289 g/mol. The molecule has 0 saturated heterocycles. The quantitative estimate of drug-likeness (QED) is 0.847. The minimum Gasteiger partial charge on any atom is -0.396 e. The molecule has 1 aliphatic carbocycles. The average Bonchev–Trinajstić information content (AvgIpc) is 2.77. The number of likely N-dealkylation sites (N-methyl/N-ethyl adjacent to an activating group) is 1. The second kappa shape index (κ2) is 4.35. The van der Waals surface area contributed by atoms with Crippen LogP contribution < -0.4 is 0 Å². The number of H-pyrrole nitrogens is 1. The van der Waals surface area contributed by atoms with Crippen LogP contribution in [0.4, 0.5) is 0 Å². The number of benzene rings is 1. The van der Waals surface area contributed by atoms with E-state index >= 15 is 0 Å². The molecule has 2 aromatic rings. The Bertz CT molecular complexity index is 719. The smallest absolute Gasteiger partial charge is 0.110 e. The zero-order chi connectivity index (χ0) is 13.9. The topological polar surface area (TPSA) is 39.3 Å². The number of aliphatic hydroxyl groups is 1. The van der Waals surface area contributed by atoms with E-state index in [4.69, 9.17) is 11.6 Å². The van der Waals surface area contributed by atoms with Gasteiger partial charge in [0.15, 0.2) is 0 Å². The van der Waals surface area contributed by atoms with Crippen molar-refractivity contribution < 1.29 is 5.11 Å². The van der Waals surface area contributed by atoms with Gasteiger partial charge in [-0.2, -0.15) is 0 Å². The first-order chi connectivity index (χ1) is 9.69. The van der Waals surface area contributed by atoms with Crippen LogP contribution in [0.1, 0.15) is 11.1 Å². The highest BCUT2D eigenvalue weighted by molar-refractivity contribution is 6.32. The minimum absolute atomic E-state index is 0.206. The van der Waals surface area contributed by atoms with Gasteiger partial charge in [-0.15, -0.1) is 0 Å². The van der Waals surface area contributed by atoms with Crippen LogP contribution in [0.3, 0.4) is 0 Å². The van der Waals surface area contributed by atoms with Crippen LogP contribution in [0.2, 0.25) is 5.15 Å². The van der Waals surface area contributed by atoms with Crippen molar-refractivity contribution in [3.8, 4) is 0 Å². The van der Waals surface area contributed by atoms with E-state index in [0.29, 0.717) is 6.04 Å². The number of aliphatic hydroxyl groups excluding tert-OH is 1. The van der Waals surface area contributed by atoms with Crippen molar-refractivity contribution in [3.05, 3.63) is 40.6 Å². The number of hydrogen-bond acceptors (Lipinski definition) is 2. The first kappa shape index (κ1) is 12.5. The first-order valence-electron chi connectivity index (χ1n) is 7.01. The fraction of sp³-hybridized carbons (Fsp3) is 0.375. The number of rotatable bonds is 1. The Balaban J connectivity index is 1.99. The number of aromatic nitrogens is 1. The molecule has 0 radical (unpaired) electrons. The van der Waals surface area contributed by atoms with E-state index in [1.807, 2.05) is 0 Å². The van der Waals surface area contributed by atoms with Crippen LogP contribution in [-0.4, -0.2) is 41.2 Å². The van der Waals surface area contributed by atoms with E-state index in [2.05, 4.69) is 41.2 Å². The van der Waals surface area contributed by atoms with Crippen molar-refractivity contribution in [2.45, 2.75) is 12.5 Å². The first-order valence-corrected chi connectivity index (χ1v) is 7.39. The van der Waals surface area contributed by atoms with E-state index in [1.54, 1.807) is 0 Å². The lowest BCUT2D eigenvalue weighted by Gasteiger charge is -2.39.